The van der Waals surface area contributed by atoms with E-state index in [1.807, 2.05) is 30.3 Å². The first-order chi connectivity index (χ1) is 10.6. The fourth-order valence-corrected chi connectivity index (χ4v) is 3.04. The molecule has 0 heterocycles. The summed E-state index contributed by atoms with van der Waals surface area (Å²) < 4.78 is 5.14. The minimum atomic E-state index is -0.353. The highest BCUT2D eigenvalue weighted by Crippen LogP contribution is 2.36. The Kier molecular flexibility index (Phi) is 3.88. The second kappa shape index (κ2) is 5.84. The van der Waals surface area contributed by atoms with E-state index < -0.39 is 0 Å². The molecule has 0 spiro atoms. The summed E-state index contributed by atoms with van der Waals surface area (Å²) >= 11 is 0. The number of fused-ring (bicyclic) bond motifs is 1. The zero-order valence-corrected chi connectivity index (χ0v) is 13.1. The minimum Gasteiger partial charge on any atom is -0.497 e. The van der Waals surface area contributed by atoms with Crippen LogP contribution in [0.2, 0.25) is 0 Å². The van der Waals surface area contributed by atoms with E-state index in [-0.39, 0.29) is 11.3 Å². The maximum absolute atomic E-state index is 12.7. The molecule has 1 atom stereocenters. The molecule has 0 aromatic heterocycles. The number of aryl methyl sites for hydroxylation is 1. The second-order valence-electron chi connectivity index (χ2n) is 6.19. The molecule has 0 saturated carbocycles. The molecule has 1 aliphatic carbocycles. The van der Waals surface area contributed by atoms with Crippen molar-refractivity contribution in [3.05, 3.63) is 59.7 Å². The van der Waals surface area contributed by atoms with Gasteiger partial charge in [-0.2, -0.15) is 0 Å². The first-order valence-electron chi connectivity index (χ1n) is 7.63. The summed E-state index contributed by atoms with van der Waals surface area (Å²) in [4.78, 5) is 12.7. The van der Waals surface area contributed by atoms with Crippen molar-refractivity contribution >= 4 is 11.6 Å². The number of nitrogens with one attached hydrogen (secondary N) is 1. The van der Waals surface area contributed by atoms with E-state index in [2.05, 4.69) is 30.4 Å². The van der Waals surface area contributed by atoms with E-state index in [0.29, 0.717) is 0 Å². The van der Waals surface area contributed by atoms with Crippen molar-refractivity contribution in [1.82, 2.24) is 0 Å². The smallest absolute Gasteiger partial charge is 0.230 e. The number of methoxy groups -OCH3 is 1. The predicted octanol–water partition coefficient (Wildman–Crippen LogP) is 3.83. The van der Waals surface area contributed by atoms with Crippen LogP contribution in [0.5, 0.6) is 5.75 Å². The molecule has 0 bridgehead atoms. The molecule has 0 saturated heterocycles. The van der Waals surface area contributed by atoms with Gasteiger partial charge in [0.1, 0.15) is 5.75 Å². The molecule has 3 nitrogen and oxygen atoms in total. The molecule has 0 aliphatic heterocycles. The van der Waals surface area contributed by atoms with Crippen LogP contribution in [0.25, 0.3) is 0 Å². The Morgan fingerprint density at radius 2 is 1.77 bits per heavy atom. The fraction of sp³-hybridized carbons (Fsp3) is 0.316. The van der Waals surface area contributed by atoms with Gasteiger partial charge < -0.3 is 10.1 Å². The summed E-state index contributed by atoms with van der Waals surface area (Å²) in [5.41, 5.74) is 3.12. The molecule has 22 heavy (non-hydrogen) atoms. The first-order valence-corrected chi connectivity index (χ1v) is 7.63. The summed E-state index contributed by atoms with van der Waals surface area (Å²) in [5.74, 6) is 0.878. The lowest BCUT2D eigenvalue weighted by molar-refractivity contribution is -0.125. The molecule has 1 aliphatic rings. The molecule has 114 valence electrons. The molecule has 2 aromatic rings. The van der Waals surface area contributed by atoms with Crippen molar-refractivity contribution in [2.75, 3.05) is 12.4 Å². The number of carbonyl (C=O) groups is 1. The second-order valence-corrected chi connectivity index (χ2v) is 6.19. The van der Waals surface area contributed by atoms with Crippen LogP contribution in [0.15, 0.2) is 48.5 Å². The molecule has 2 aromatic carbocycles. The topological polar surface area (TPSA) is 38.3 Å². The van der Waals surface area contributed by atoms with Crippen molar-refractivity contribution in [1.29, 1.82) is 0 Å². The number of hydrogen-bond acceptors (Lipinski definition) is 2. The van der Waals surface area contributed by atoms with Crippen LogP contribution in [0, 0.1) is 5.41 Å². The van der Waals surface area contributed by atoms with Crippen molar-refractivity contribution in [2.45, 2.75) is 26.2 Å². The van der Waals surface area contributed by atoms with Crippen LogP contribution >= 0.6 is 0 Å². The number of hydrogen-bond donors (Lipinski definition) is 1. The number of anilines is 1. The van der Waals surface area contributed by atoms with E-state index in [1.165, 1.54) is 11.1 Å². The SMILES string of the molecule is COc1ccc(NC(=O)C2(C)CCc3ccccc3C2)cc1. The lowest BCUT2D eigenvalue weighted by atomic mass is 9.72. The van der Waals surface area contributed by atoms with Crippen LogP contribution in [0.4, 0.5) is 5.69 Å². The van der Waals surface area contributed by atoms with E-state index in [1.54, 1.807) is 7.11 Å². The summed E-state index contributed by atoms with van der Waals surface area (Å²) in [5, 5.41) is 3.04. The quantitative estimate of drug-likeness (QED) is 0.934. The summed E-state index contributed by atoms with van der Waals surface area (Å²) in [6.45, 7) is 2.06. The number of amides is 1. The molecule has 0 radical (unpaired) electrons. The van der Waals surface area contributed by atoms with E-state index in [0.717, 1.165) is 30.7 Å². The maximum Gasteiger partial charge on any atom is 0.230 e. The Hall–Kier alpha value is -2.29. The Balaban J connectivity index is 1.74. The molecule has 0 fully saturated rings. The van der Waals surface area contributed by atoms with Gasteiger partial charge in [-0.3, -0.25) is 4.79 Å². The summed E-state index contributed by atoms with van der Waals surface area (Å²) in [6, 6.07) is 15.9. The highest BCUT2D eigenvalue weighted by molar-refractivity contribution is 5.95. The summed E-state index contributed by atoms with van der Waals surface area (Å²) in [7, 11) is 1.63. The normalized spacial score (nSPS) is 20.1. The average Bonchev–Trinajstić information content (AvgIpc) is 2.55. The Morgan fingerprint density at radius 1 is 1.09 bits per heavy atom. The number of rotatable bonds is 3. The van der Waals surface area contributed by atoms with Gasteiger partial charge in [0, 0.05) is 5.69 Å². The van der Waals surface area contributed by atoms with Crippen LogP contribution in [0.3, 0.4) is 0 Å². The standard InChI is InChI=1S/C19H21NO2/c1-19(12-11-14-5-3-4-6-15(14)13-19)18(21)20-16-7-9-17(22-2)10-8-16/h3-10H,11-13H2,1-2H3,(H,20,21). The molecule has 3 heteroatoms. The van der Waals surface area contributed by atoms with Gasteiger partial charge in [-0.05, 0) is 54.7 Å². The first kappa shape index (κ1) is 14.6. The maximum atomic E-state index is 12.7. The fourth-order valence-electron chi connectivity index (χ4n) is 3.04. The van der Waals surface area contributed by atoms with Gasteiger partial charge in [-0.15, -0.1) is 0 Å². The molecule has 1 amide bonds. The van der Waals surface area contributed by atoms with Gasteiger partial charge in [-0.1, -0.05) is 31.2 Å². The monoisotopic (exact) mass is 295 g/mol. The van der Waals surface area contributed by atoms with Gasteiger partial charge in [0.25, 0.3) is 0 Å². The zero-order chi connectivity index (χ0) is 15.6. The molecule has 3 rings (SSSR count). The minimum absolute atomic E-state index is 0.0900. The summed E-state index contributed by atoms with van der Waals surface area (Å²) in [6.07, 6.45) is 2.64. The highest BCUT2D eigenvalue weighted by Gasteiger charge is 2.36. The number of carbonyl (C=O) groups excluding carboxylic acids is 1. The van der Waals surface area contributed by atoms with Crippen LogP contribution < -0.4 is 10.1 Å². The lowest BCUT2D eigenvalue weighted by Gasteiger charge is -2.33. The Morgan fingerprint density at radius 3 is 2.45 bits per heavy atom. The zero-order valence-electron chi connectivity index (χ0n) is 13.1. The highest BCUT2D eigenvalue weighted by atomic mass is 16.5. The van der Waals surface area contributed by atoms with Gasteiger partial charge in [0.2, 0.25) is 5.91 Å². The molecule has 1 N–H and O–H groups in total. The molecular weight excluding hydrogens is 274 g/mol. The van der Waals surface area contributed by atoms with Crippen molar-refractivity contribution in [3.8, 4) is 5.75 Å². The van der Waals surface area contributed by atoms with Crippen molar-refractivity contribution in [2.24, 2.45) is 5.41 Å². The molecule has 1 unspecified atom stereocenters. The lowest BCUT2D eigenvalue weighted by Crippen LogP contribution is -2.38. The largest absolute Gasteiger partial charge is 0.497 e. The third-order valence-corrected chi connectivity index (χ3v) is 4.54. The average molecular weight is 295 g/mol. The van der Waals surface area contributed by atoms with E-state index >= 15 is 0 Å². The van der Waals surface area contributed by atoms with Crippen LogP contribution in [-0.2, 0) is 17.6 Å². The third-order valence-electron chi connectivity index (χ3n) is 4.54. The van der Waals surface area contributed by atoms with Gasteiger partial charge >= 0.3 is 0 Å². The Bertz CT molecular complexity index is 678. The number of ether oxygens (including phenoxy) is 1. The number of benzene rings is 2. The third kappa shape index (κ3) is 2.84. The van der Waals surface area contributed by atoms with Crippen LogP contribution in [-0.4, -0.2) is 13.0 Å². The predicted molar refractivity (Wildman–Crippen MR) is 88.2 cm³/mol. The van der Waals surface area contributed by atoms with Crippen molar-refractivity contribution in [3.63, 3.8) is 0 Å². The van der Waals surface area contributed by atoms with Crippen molar-refractivity contribution < 1.29 is 9.53 Å². The van der Waals surface area contributed by atoms with Gasteiger partial charge in [0.15, 0.2) is 0 Å². The van der Waals surface area contributed by atoms with E-state index in [9.17, 15) is 4.79 Å². The van der Waals surface area contributed by atoms with Gasteiger partial charge in [0.05, 0.1) is 12.5 Å². The van der Waals surface area contributed by atoms with E-state index in [4.69, 9.17) is 4.74 Å². The molecular formula is C19H21NO2. The van der Waals surface area contributed by atoms with Gasteiger partial charge in [-0.25, -0.2) is 0 Å². The Labute approximate surface area is 131 Å². The van der Waals surface area contributed by atoms with Crippen LogP contribution in [0.1, 0.15) is 24.5 Å².